The van der Waals surface area contributed by atoms with Crippen molar-refractivity contribution in [1.29, 1.82) is 0 Å². The van der Waals surface area contributed by atoms with Gasteiger partial charge in [-0.1, -0.05) is 23.7 Å². The van der Waals surface area contributed by atoms with Crippen LogP contribution in [-0.4, -0.2) is 40.0 Å². The minimum atomic E-state index is -0.254. The Morgan fingerprint density at radius 2 is 1.72 bits per heavy atom. The van der Waals surface area contributed by atoms with E-state index in [2.05, 4.69) is 15.0 Å². The molecule has 4 rings (SSSR count). The van der Waals surface area contributed by atoms with Crippen LogP contribution in [0.25, 0.3) is 10.9 Å². The Morgan fingerprint density at radius 1 is 0.969 bits per heavy atom. The highest BCUT2D eigenvalue weighted by atomic mass is 35.5. The number of benzene rings is 2. The van der Waals surface area contributed by atoms with Gasteiger partial charge in [-0.3, -0.25) is 9.78 Å². The van der Waals surface area contributed by atoms with Crippen molar-refractivity contribution in [2.45, 2.75) is 13.1 Å². The summed E-state index contributed by atoms with van der Waals surface area (Å²) in [5.41, 5.74) is 2.67. The minimum absolute atomic E-state index is 0.250. The Hall–Kier alpha value is -3.71. The Kier molecular flexibility index (Phi) is 6.47. The van der Waals surface area contributed by atoms with Crippen molar-refractivity contribution in [2.75, 3.05) is 14.2 Å². The molecule has 4 aromatic rings. The molecule has 0 saturated carbocycles. The number of amides is 1. The van der Waals surface area contributed by atoms with Crippen LogP contribution >= 0.6 is 11.6 Å². The fraction of sp³-hybridized carbons (Fsp3) is 0.167. The first kappa shape index (κ1) is 21.5. The summed E-state index contributed by atoms with van der Waals surface area (Å²) in [6.07, 6.45) is 4.48. The van der Waals surface area contributed by atoms with Crippen molar-refractivity contribution in [1.82, 2.24) is 19.9 Å². The van der Waals surface area contributed by atoms with Crippen LogP contribution in [0.4, 0.5) is 0 Å². The Balaban J connectivity index is 1.69. The summed E-state index contributed by atoms with van der Waals surface area (Å²) in [4.78, 5) is 27.6. The van der Waals surface area contributed by atoms with Crippen molar-refractivity contribution in [3.8, 4) is 11.5 Å². The van der Waals surface area contributed by atoms with Crippen molar-refractivity contribution >= 4 is 28.4 Å². The van der Waals surface area contributed by atoms with Crippen molar-refractivity contribution in [3.63, 3.8) is 0 Å². The maximum absolute atomic E-state index is 13.3. The monoisotopic (exact) mass is 448 g/mol. The highest BCUT2D eigenvalue weighted by molar-refractivity contribution is 6.30. The van der Waals surface area contributed by atoms with E-state index in [0.717, 1.165) is 33.5 Å². The highest BCUT2D eigenvalue weighted by Gasteiger charge is 2.20. The maximum Gasteiger partial charge on any atom is 0.274 e. The first-order valence-electron chi connectivity index (χ1n) is 9.89. The third kappa shape index (κ3) is 4.78. The number of aromatic nitrogens is 3. The van der Waals surface area contributed by atoms with Gasteiger partial charge in [0.2, 0.25) is 0 Å². The van der Waals surface area contributed by atoms with E-state index < -0.39 is 0 Å². The summed E-state index contributed by atoms with van der Waals surface area (Å²) in [7, 11) is 3.23. The van der Waals surface area contributed by atoms with Crippen LogP contribution in [0.15, 0.2) is 67.1 Å². The zero-order chi connectivity index (χ0) is 22.5. The predicted octanol–water partition coefficient (Wildman–Crippen LogP) is 4.54. The summed E-state index contributed by atoms with van der Waals surface area (Å²) in [6, 6.07) is 15.1. The van der Waals surface area contributed by atoms with Crippen LogP contribution in [-0.2, 0) is 13.1 Å². The number of halogens is 1. The van der Waals surface area contributed by atoms with Gasteiger partial charge in [0.05, 0.1) is 25.9 Å². The van der Waals surface area contributed by atoms with E-state index in [1.807, 2.05) is 48.5 Å². The van der Waals surface area contributed by atoms with Gasteiger partial charge in [0.15, 0.2) is 0 Å². The van der Waals surface area contributed by atoms with Crippen LogP contribution < -0.4 is 9.47 Å². The molecule has 32 heavy (non-hydrogen) atoms. The first-order chi connectivity index (χ1) is 15.6. The summed E-state index contributed by atoms with van der Waals surface area (Å²) >= 11 is 6.49. The summed E-state index contributed by atoms with van der Waals surface area (Å²) in [5.74, 6) is 1.21. The maximum atomic E-state index is 13.3. The van der Waals surface area contributed by atoms with E-state index in [4.69, 9.17) is 21.1 Å². The summed E-state index contributed by atoms with van der Waals surface area (Å²) in [6.45, 7) is 0.603. The van der Waals surface area contributed by atoms with E-state index >= 15 is 0 Å². The van der Waals surface area contributed by atoms with Gasteiger partial charge < -0.3 is 14.4 Å². The number of nitrogens with zero attached hydrogens (tertiary/aromatic N) is 4. The standard InChI is InChI=1S/C24H21ClN4O3/c1-31-19-5-3-16(4-6-19)14-29(24(30)22-13-26-9-10-27-22)15-18-11-17-12-20(32-2)7-8-21(17)28-23(18)25/h3-13H,14-15H2,1-2H3. The number of hydrogen-bond donors (Lipinski definition) is 0. The Labute approximate surface area is 190 Å². The number of ether oxygens (including phenoxy) is 2. The first-order valence-corrected chi connectivity index (χ1v) is 10.3. The predicted molar refractivity (Wildman–Crippen MR) is 122 cm³/mol. The van der Waals surface area contributed by atoms with Gasteiger partial charge >= 0.3 is 0 Å². The lowest BCUT2D eigenvalue weighted by Gasteiger charge is -2.23. The lowest BCUT2D eigenvalue weighted by molar-refractivity contribution is 0.0723. The molecule has 2 aromatic carbocycles. The van der Waals surface area contributed by atoms with Crippen LogP contribution in [0, 0.1) is 0 Å². The molecule has 0 aliphatic heterocycles. The van der Waals surface area contributed by atoms with Gasteiger partial charge in [-0.2, -0.15) is 0 Å². The normalized spacial score (nSPS) is 10.7. The van der Waals surface area contributed by atoms with Gasteiger partial charge in [-0.05, 0) is 42.0 Å². The molecule has 0 aliphatic carbocycles. The Morgan fingerprint density at radius 3 is 2.41 bits per heavy atom. The number of pyridine rings is 1. The third-order valence-electron chi connectivity index (χ3n) is 5.01. The third-order valence-corrected chi connectivity index (χ3v) is 5.34. The minimum Gasteiger partial charge on any atom is -0.497 e. The number of carbonyl (C=O) groups is 1. The SMILES string of the molecule is COc1ccc(CN(Cc2cc3cc(OC)ccc3nc2Cl)C(=O)c2cnccn2)cc1. The lowest BCUT2D eigenvalue weighted by Crippen LogP contribution is -2.31. The van der Waals surface area contributed by atoms with E-state index in [-0.39, 0.29) is 18.1 Å². The fourth-order valence-electron chi connectivity index (χ4n) is 3.34. The highest BCUT2D eigenvalue weighted by Crippen LogP contribution is 2.26. The van der Waals surface area contributed by atoms with Crippen LogP contribution in [0.3, 0.4) is 0 Å². The van der Waals surface area contributed by atoms with Crippen LogP contribution in [0.2, 0.25) is 5.15 Å². The molecule has 0 spiro atoms. The Bertz CT molecular complexity index is 1230. The van der Waals surface area contributed by atoms with E-state index in [9.17, 15) is 4.79 Å². The average molecular weight is 449 g/mol. The number of fused-ring (bicyclic) bond motifs is 1. The van der Waals surface area contributed by atoms with Crippen molar-refractivity contribution < 1.29 is 14.3 Å². The quantitative estimate of drug-likeness (QED) is 0.386. The molecule has 0 radical (unpaired) electrons. The van der Waals surface area contributed by atoms with Gasteiger partial charge in [-0.15, -0.1) is 0 Å². The largest absolute Gasteiger partial charge is 0.497 e. The van der Waals surface area contributed by atoms with E-state index in [0.29, 0.717) is 11.7 Å². The van der Waals surface area contributed by atoms with E-state index in [1.54, 1.807) is 19.1 Å². The van der Waals surface area contributed by atoms with Gasteiger partial charge in [0.1, 0.15) is 22.3 Å². The second kappa shape index (κ2) is 9.62. The molecule has 0 aliphatic rings. The molecule has 2 aromatic heterocycles. The molecule has 0 bridgehead atoms. The molecule has 0 fully saturated rings. The molecular weight excluding hydrogens is 428 g/mol. The molecule has 0 atom stereocenters. The number of methoxy groups -OCH3 is 2. The molecular formula is C24H21ClN4O3. The van der Waals surface area contributed by atoms with Crippen molar-refractivity contribution in [3.05, 3.63) is 89.1 Å². The number of carbonyl (C=O) groups excluding carboxylic acids is 1. The fourth-order valence-corrected chi connectivity index (χ4v) is 3.55. The number of rotatable bonds is 7. The van der Waals surface area contributed by atoms with Gasteiger partial charge in [0.25, 0.3) is 5.91 Å². The van der Waals surface area contributed by atoms with Gasteiger partial charge in [-0.25, -0.2) is 9.97 Å². The molecule has 8 heteroatoms. The topological polar surface area (TPSA) is 77.4 Å². The zero-order valence-corrected chi connectivity index (χ0v) is 18.4. The van der Waals surface area contributed by atoms with Gasteiger partial charge in [0, 0.05) is 36.4 Å². The van der Waals surface area contributed by atoms with Crippen LogP contribution in [0.1, 0.15) is 21.6 Å². The average Bonchev–Trinajstić information content (AvgIpc) is 2.84. The molecule has 2 heterocycles. The molecule has 0 N–H and O–H groups in total. The molecule has 1 amide bonds. The molecule has 0 saturated heterocycles. The molecule has 7 nitrogen and oxygen atoms in total. The second-order valence-corrected chi connectivity index (χ2v) is 7.45. The van der Waals surface area contributed by atoms with Crippen LogP contribution in [0.5, 0.6) is 11.5 Å². The lowest BCUT2D eigenvalue weighted by atomic mass is 10.1. The number of hydrogen-bond acceptors (Lipinski definition) is 6. The molecule has 0 unspecified atom stereocenters. The summed E-state index contributed by atoms with van der Waals surface area (Å²) < 4.78 is 10.5. The smallest absolute Gasteiger partial charge is 0.274 e. The van der Waals surface area contributed by atoms with E-state index in [1.165, 1.54) is 18.6 Å². The molecule has 162 valence electrons. The zero-order valence-electron chi connectivity index (χ0n) is 17.7. The van der Waals surface area contributed by atoms with Crippen molar-refractivity contribution in [2.24, 2.45) is 0 Å². The second-order valence-electron chi connectivity index (χ2n) is 7.10. The summed E-state index contributed by atoms with van der Waals surface area (Å²) in [5, 5.41) is 1.22.